The zero-order valence-corrected chi connectivity index (χ0v) is 10.6. The summed E-state index contributed by atoms with van der Waals surface area (Å²) in [4.78, 5) is 13.4. The second-order valence-electron chi connectivity index (χ2n) is 4.98. The molecular weight excluding hydrogens is 202 g/mol. The van der Waals surface area contributed by atoms with Gasteiger partial charge < -0.3 is 10.0 Å². The van der Waals surface area contributed by atoms with Crippen LogP contribution in [-0.2, 0) is 4.79 Å². The van der Waals surface area contributed by atoms with Crippen LogP contribution in [0.3, 0.4) is 0 Å². The van der Waals surface area contributed by atoms with Gasteiger partial charge in [-0.2, -0.15) is 0 Å². The summed E-state index contributed by atoms with van der Waals surface area (Å²) in [5.41, 5.74) is 0. The predicted molar refractivity (Wildman–Crippen MR) is 65.5 cm³/mol. The molecule has 1 aliphatic rings. The molecule has 2 unspecified atom stereocenters. The van der Waals surface area contributed by atoms with Crippen molar-refractivity contribution in [2.24, 2.45) is 5.92 Å². The number of unbranched alkanes of at least 4 members (excludes halogenated alkanes) is 2. The summed E-state index contributed by atoms with van der Waals surface area (Å²) in [6.07, 6.45) is 7.84. The number of aliphatic carboxylic acids is 1. The van der Waals surface area contributed by atoms with Gasteiger partial charge in [0.15, 0.2) is 0 Å². The summed E-state index contributed by atoms with van der Waals surface area (Å²) in [5.74, 6) is -0.743. The minimum atomic E-state index is -0.605. The van der Waals surface area contributed by atoms with Crippen molar-refractivity contribution in [3.05, 3.63) is 0 Å². The average molecular weight is 227 g/mol. The Morgan fingerprint density at radius 3 is 2.62 bits per heavy atom. The van der Waals surface area contributed by atoms with E-state index in [1.165, 1.54) is 25.7 Å². The molecule has 0 radical (unpaired) electrons. The Morgan fingerprint density at radius 2 is 2.00 bits per heavy atom. The predicted octanol–water partition coefficient (Wildman–Crippen LogP) is 2.75. The van der Waals surface area contributed by atoms with Crippen molar-refractivity contribution in [2.45, 2.75) is 57.9 Å². The van der Waals surface area contributed by atoms with Gasteiger partial charge in [0.1, 0.15) is 0 Å². The molecular formula is C13H25NO2. The average Bonchev–Trinajstić information content (AvgIpc) is 2.29. The fraction of sp³-hybridized carbons (Fsp3) is 0.923. The van der Waals surface area contributed by atoms with E-state index in [-0.39, 0.29) is 12.0 Å². The second-order valence-corrected chi connectivity index (χ2v) is 4.98. The maximum atomic E-state index is 11.2. The molecule has 0 spiro atoms. The van der Waals surface area contributed by atoms with Gasteiger partial charge in [0.05, 0.1) is 5.92 Å². The molecule has 1 N–H and O–H groups in total. The van der Waals surface area contributed by atoms with Crippen LogP contribution in [-0.4, -0.2) is 35.6 Å². The Kier molecular flexibility index (Phi) is 5.81. The molecule has 1 rings (SSSR count). The number of carboxylic acids is 1. The fourth-order valence-electron chi connectivity index (χ4n) is 2.70. The number of carbonyl (C=O) groups is 1. The van der Waals surface area contributed by atoms with Gasteiger partial charge in [-0.1, -0.05) is 32.6 Å². The quantitative estimate of drug-likeness (QED) is 0.709. The lowest BCUT2D eigenvalue weighted by molar-refractivity contribution is -0.145. The number of hydrogen-bond acceptors (Lipinski definition) is 2. The molecule has 1 fully saturated rings. The maximum Gasteiger partial charge on any atom is 0.308 e. The lowest BCUT2D eigenvalue weighted by atomic mass is 9.83. The summed E-state index contributed by atoms with van der Waals surface area (Å²) >= 11 is 0. The van der Waals surface area contributed by atoms with Crippen molar-refractivity contribution in [3.63, 3.8) is 0 Å². The van der Waals surface area contributed by atoms with E-state index in [9.17, 15) is 9.90 Å². The molecule has 3 heteroatoms. The van der Waals surface area contributed by atoms with Gasteiger partial charge in [0.2, 0.25) is 0 Å². The highest BCUT2D eigenvalue weighted by Gasteiger charge is 2.32. The first-order chi connectivity index (χ1) is 7.66. The van der Waals surface area contributed by atoms with Crippen LogP contribution in [0, 0.1) is 5.92 Å². The molecule has 0 saturated heterocycles. The van der Waals surface area contributed by atoms with Gasteiger partial charge in [-0.05, 0) is 32.9 Å². The summed E-state index contributed by atoms with van der Waals surface area (Å²) in [6, 6.07) is 0.267. The second kappa shape index (κ2) is 6.89. The molecule has 2 atom stereocenters. The third-order valence-electron chi connectivity index (χ3n) is 3.73. The third-order valence-corrected chi connectivity index (χ3v) is 3.73. The highest BCUT2D eigenvalue weighted by Crippen LogP contribution is 2.28. The molecule has 1 saturated carbocycles. The molecule has 0 aliphatic heterocycles. The smallest absolute Gasteiger partial charge is 0.308 e. The van der Waals surface area contributed by atoms with Crippen molar-refractivity contribution >= 4 is 5.97 Å². The molecule has 0 heterocycles. The van der Waals surface area contributed by atoms with Gasteiger partial charge >= 0.3 is 5.97 Å². The Labute approximate surface area is 98.8 Å². The van der Waals surface area contributed by atoms with E-state index in [4.69, 9.17) is 0 Å². The van der Waals surface area contributed by atoms with Gasteiger partial charge in [0.25, 0.3) is 0 Å². The summed E-state index contributed by atoms with van der Waals surface area (Å²) < 4.78 is 0. The van der Waals surface area contributed by atoms with E-state index in [1.54, 1.807) is 0 Å². The highest BCUT2D eigenvalue weighted by atomic mass is 16.4. The third kappa shape index (κ3) is 3.78. The Bertz CT molecular complexity index is 218. The molecule has 94 valence electrons. The zero-order valence-electron chi connectivity index (χ0n) is 10.6. The molecule has 0 bridgehead atoms. The van der Waals surface area contributed by atoms with E-state index < -0.39 is 5.97 Å². The normalized spacial score (nSPS) is 25.9. The topological polar surface area (TPSA) is 40.5 Å². The van der Waals surface area contributed by atoms with Gasteiger partial charge in [-0.25, -0.2) is 0 Å². The molecule has 0 amide bonds. The van der Waals surface area contributed by atoms with E-state index in [0.29, 0.717) is 0 Å². The first-order valence-electron chi connectivity index (χ1n) is 6.59. The Balaban J connectivity index is 2.43. The van der Waals surface area contributed by atoms with Crippen LogP contribution in [0.15, 0.2) is 0 Å². The monoisotopic (exact) mass is 227 g/mol. The van der Waals surface area contributed by atoms with Crippen LogP contribution in [0.5, 0.6) is 0 Å². The molecule has 3 nitrogen and oxygen atoms in total. The van der Waals surface area contributed by atoms with Crippen molar-refractivity contribution < 1.29 is 9.90 Å². The van der Waals surface area contributed by atoms with E-state index in [0.717, 1.165) is 25.8 Å². The number of hydrogen-bond donors (Lipinski definition) is 1. The first-order valence-corrected chi connectivity index (χ1v) is 6.59. The van der Waals surface area contributed by atoms with Crippen LogP contribution in [0.4, 0.5) is 0 Å². The molecule has 0 aromatic carbocycles. The van der Waals surface area contributed by atoms with Gasteiger partial charge in [0, 0.05) is 6.04 Å². The first kappa shape index (κ1) is 13.5. The largest absolute Gasteiger partial charge is 0.481 e. The number of rotatable bonds is 6. The van der Waals surface area contributed by atoms with Gasteiger partial charge in [-0.15, -0.1) is 0 Å². The van der Waals surface area contributed by atoms with Crippen LogP contribution in [0.25, 0.3) is 0 Å². The van der Waals surface area contributed by atoms with Crippen molar-refractivity contribution in [2.75, 3.05) is 13.6 Å². The van der Waals surface area contributed by atoms with Crippen molar-refractivity contribution in [1.29, 1.82) is 0 Å². The van der Waals surface area contributed by atoms with Gasteiger partial charge in [-0.3, -0.25) is 4.79 Å². The lowest BCUT2D eigenvalue weighted by Crippen LogP contribution is -2.43. The van der Waals surface area contributed by atoms with Crippen molar-refractivity contribution in [3.8, 4) is 0 Å². The molecule has 16 heavy (non-hydrogen) atoms. The van der Waals surface area contributed by atoms with Crippen LogP contribution < -0.4 is 0 Å². The standard InChI is InChI=1S/C13H25NO2/c1-3-4-7-10-14(2)12-9-6-5-8-11(12)13(15)16/h11-12H,3-10H2,1-2H3,(H,15,16). The Morgan fingerprint density at radius 1 is 1.31 bits per heavy atom. The van der Waals surface area contributed by atoms with E-state index in [2.05, 4.69) is 18.9 Å². The Hall–Kier alpha value is -0.570. The molecule has 1 aliphatic carbocycles. The minimum absolute atomic E-state index is 0.139. The van der Waals surface area contributed by atoms with Crippen molar-refractivity contribution in [1.82, 2.24) is 4.90 Å². The van der Waals surface area contributed by atoms with E-state index in [1.807, 2.05) is 0 Å². The summed E-state index contributed by atoms with van der Waals surface area (Å²) in [5, 5.41) is 9.20. The number of nitrogens with zero attached hydrogens (tertiary/aromatic N) is 1. The highest BCUT2D eigenvalue weighted by molar-refractivity contribution is 5.71. The molecule has 0 aromatic heterocycles. The zero-order chi connectivity index (χ0) is 12.0. The van der Waals surface area contributed by atoms with E-state index >= 15 is 0 Å². The lowest BCUT2D eigenvalue weighted by Gasteiger charge is -2.35. The SMILES string of the molecule is CCCCCN(C)C1CCCCC1C(=O)O. The van der Waals surface area contributed by atoms with Crippen LogP contribution in [0.2, 0.25) is 0 Å². The van der Waals surface area contributed by atoms with Crippen LogP contribution in [0.1, 0.15) is 51.9 Å². The maximum absolute atomic E-state index is 11.2. The molecule has 0 aromatic rings. The summed E-state index contributed by atoms with van der Waals surface area (Å²) in [7, 11) is 2.08. The fourth-order valence-corrected chi connectivity index (χ4v) is 2.70. The van der Waals surface area contributed by atoms with Crippen LogP contribution >= 0.6 is 0 Å². The minimum Gasteiger partial charge on any atom is -0.481 e. The summed E-state index contributed by atoms with van der Waals surface area (Å²) in [6.45, 7) is 3.24. The number of carboxylic acid groups (broad SMARTS) is 1.